The van der Waals surface area contributed by atoms with E-state index in [0.717, 1.165) is 25.7 Å². The summed E-state index contributed by atoms with van der Waals surface area (Å²) in [6.07, 6.45) is 5.56. The standard InChI is InChI=1S/C14H22N2O4S/c1-3-14(6-5-7-14)10-15-21(19,20)11-8-12(13(17)18)16(4-2)9-11/h8-9,15H,3-7,10H2,1-2H3,(H,17,18). The molecule has 1 aliphatic carbocycles. The number of carboxylic acid groups (broad SMARTS) is 1. The van der Waals surface area contributed by atoms with E-state index in [4.69, 9.17) is 5.11 Å². The van der Waals surface area contributed by atoms with Gasteiger partial charge in [-0.05, 0) is 37.7 Å². The van der Waals surface area contributed by atoms with E-state index < -0.39 is 16.0 Å². The highest BCUT2D eigenvalue weighted by Crippen LogP contribution is 2.43. The molecule has 0 aliphatic heterocycles. The zero-order valence-corrected chi connectivity index (χ0v) is 13.2. The van der Waals surface area contributed by atoms with E-state index in [2.05, 4.69) is 11.6 Å². The molecule has 6 nitrogen and oxygen atoms in total. The molecular weight excluding hydrogens is 292 g/mol. The molecule has 0 unspecified atom stereocenters. The van der Waals surface area contributed by atoms with Crippen molar-refractivity contribution in [3.8, 4) is 0 Å². The molecule has 0 bridgehead atoms. The van der Waals surface area contributed by atoms with Gasteiger partial charge in [0.1, 0.15) is 10.6 Å². The number of aromatic carboxylic acids is 1. The molecule has 2 N–H and O–H groups in total. The Hall–Kier alpha value is -1.34. The van der Waals surface area contributed by atoms with Gasteiger partial charge in [-0.15, -0.1) is 0 Å². The van der Waals surface area contributed by atoms with Crippen molar-refractivity contribution in [3.63, 3.8) is 0 Å². The third-order valence-corrected chi connectivity index (χ3v) is 5.91. The van der Waals surface area contributed by atoms with Gasteiger partial charge in [0.15, 0.2) is 0 Å². The maximum atomic E-state index is 12.3. The summed E-state index contributed by atoms with van der Waals surface area (Å²) >= 11 is 0. The lowest BCUT2D eigenvalue weighted by atomic mass is 9.67. The molecule has 1 aromatic heterocycles. The van der Waals surface area contributed by atoms with Gasteiger partial charge in [-0.3, -0.25) is 0 Å². The number of sulfonamides is 1. The monoisotopic (exact) mass is 314 g/mol. The summed E-state index contributed by atoms with van der Waals surface area (Å²) < 4.78 is 28.7. The first-order valence-electron chi connectivity index (χ1n) is 7.27. The molecule has 1 aliphatic rings. The van der Waals surface area contributed by atoms with E-state index in [1.54, 1.807) is 6.92 Å². The Morgan fingerprint density at radius 2 is 2.10 bits per heavy atom. The molecule has 1 saturated carbocycles. The number of carbonyl (C=O) groups is 1. The highest BCUT2D eigenvalue weighted by atomic mass is 32.2. The van der Waals surface area contributed by atoms with Crippen molar-refractivity contribution in [2.45, 2.75) is 51.0 Å². The van der Waals surface area contributed by atoms with Gasteiger partial charge in [0.25, 0.3) is 0 Å². The lowest BCUT2D eigenvalue weighted by Gasteiger charge is -2.41. The summed E-state index contributed by atoms with van der Waals surface area (Å²) in [5.41, 5.74) is 0.0717. The van der Waals surface area contributed by atoms with Crippen LogP contribution in [0, 0.1) is 5.41 Å². The largest absolute Gasteiger partial charge is 0.477 e. The molecule has 0 radical (unpaired) electrons. The summed E-state index contributed by atoms with van der Waals surface area (Å²) in [7, 11) is -3.66. The van der Waals surface area contributed by atoms with Crippen molar-refractivity contribution >= 4 is 16.0 Å². The Balaban J connectivity index is 2.18. The lowest BCUT2D eigenvalue weighted by Crippen LogP contribution is -2.41. The molecule has 7 heteroatoms. The average molecular weight is 314 g/mol. The fourth-order valence-corrected chi connectivity index (χ4v) is 3.93. The molecule has 1 fully saturated rings. The van der Waals surface area contributed by atoms with Crippen LogP contribution < -0.4 is 4.72 Å². The van der Waals surface area contributed by atoms with Crippen LogP contribution in [-0.4, -0.2) is 30.6 Å². The van der Waals surface area contributed by atoms with E-state index in [1.807, 2.05) is 0 Å². The van der Waals surface area contributed by atoms with Gasteiger partial charge in [0, 0.05) is 19.3 Å². The minimum Gasteiger partial charge on any atom is -0.477 e. The maximum Gasteiger partial charge on any atom is 0.352 e. The van der Waals surface area contributed by atoms with E-state index >= 15 is 0 Å². The number of carboxylic acids is 1. The summed E-state index contributed by atoms with van der Waals surface area (Å²) in [6.45, 7) is 4.68. The minimum absolute atomic E-state index is 0.00766. The molecule has 1 heterocycles. The number of aromatic nitrogens is 1. The van der Waals surface area contributed by atoms with Gasteiger partial charge in [0.05, 0.1) is 0 Å². The number of nitrogens with one attached hydrogen (secondary N) is 1. The van der Waals surface area contributed by atoms with Gasteiger partial charge >= 0.3 is 5.97 Å². The zero-order chi connectivity index (χ0) is 15.7. The first kappa shape index (κ1) is 16.0. The molecule has 0 spiro atoms. The van der Waals surface area contributed by atoms with Crippen molar-refractivity contribution in [3.05, 3.63) is 18.0 Å². The fraction of sp³-hybridized carbons (Fsp3) is 0.643. The SMILES string of the molecule is CCn1cc(S(=O)(=O)NCC2(CC)CCC2)cc1C(=O)O. The van der Waals surface area contributed by atoms with Gasteiger partial charge in [-0.25, -0.2) is 17.9 Å². The smallest absolute Gasteiger partial charge is 0.352 e. The van der Waals surface area contributed by atoms with Crippen LogP contribution in [-0.2, 0) is 16.6 Å². The first-order valence-corrected chi connectivity index (χ1v) is 8.75. The van der Waals surface area contributed by atoms with Gasteiger partial charge in [0.2, 0.25) is 10.0 Å². The predicted octanol–water partition coefficient (Wildman–Crippen LogP) is 2.06. The lowest BCUT2D eigenvalue weighted by molar-refractivity contribution is 0.0685. The molecule has 0 saturated heterocycles. The molecular formula is C14H22N2O4S. The normalized spacial score (nSPS) is 17.4. The molecule has 2 rings (SSSR count). The molecule has 0 aromatic carbocycles. The summed E-state index contributed by atoms with van der Waals surface area (Å²) in [5.74, 6) is -1.12. The third kappa shape index (κ3) is 3.13. The summed E-state index contributed by atoms with van der Waals surface area (Å²) in [4.78, 5) is 11.1. The van der Waals surface area contributed by atoms with E-state index in [1.165, 1.54) is 16.8 Å². The van der Waals surface area contributed by atoms with Crippen LogP contribution in [0.25, 0.3) is 0 Å². The average Bonchev–Trinajstić information content (AvgIpc) is 2.83. The van der Waals surface area contributed by atoms with E-state index in [9.17, 15) is 13.2 Å². The van der Waals surface area contributed by atoms with Crippen LogP contribution >= 0.6 is 0 Å². The van der Waals surface area contributed by atoms with Crippen molar-refractivity contribution < 1.29 is 18.3 Å². The second-order valence-corrected chi connectivity index (χ2v) is 7.45. The zero-order valence-electron chi connectivity index (χ0n) is 12.4. The quantitative estimate of drug-likeness (QED) is 0.806. The Bertz CT molecular complexity index is 624. The Kier molecular flexibility index (Phi) is 4.43. The van der Waals surface area contributed by atoms with Crippen molar-refractivity contribution in [1.82, 2.24) is 9.29 Å². The van der Waals surface area contributed by atoms with Crippen LogP contribution in [0.4, 0.5) is 0 Å². The molecule has 0 amide bonds. The second-order valence-electron chi connectivity index (χ2n) is 5.68. The number of hydrogen-bond acceptors (Lipinski definition) is 3. The predicted molar refractivity (Wildman–Crippen MR) is 78.8 cm³/mol. The van der Waals surface area contributed by atoms with Crippen LogP contribution in [0.3, 0.4) is 0 Å². The number of nitrogens with zero attached hydrogens (tertiary/aromatic N) is 1. The molecule has 21 heavy (non-hydrogen) atoms. The van der Waals surface area contributed by atoms with E-state index in [-0.39, 0.29) is 16.0 Å². The van der Waals surface area contributed by atoms with Crippen LogP contribution in [0.5, 0.6) is 0 Å². The third-order valence-electron chi connectivity index (χ3n) is 4.54. The minimum atomic E-state index is -3.66. The van der Waals surface area contributed by atoms with Gasteiger partial charge < -0.3 is 9.67 Å². The highest BCUT2D eigenvalue weighted by molar-refractivity contribution is 7.89. The number of aryl methyl sites for hydroxylation is 1. The van der Waals surface area contributed by atoms with Gasteiger partial charge in [-0.1, -0.05) is 13.3 Å². The Morgan fingerprint density at radius 3 is 2.48 bits per heavy atom. The van der Waals surface area contributed by atoms with Crippen molar-refractivity contribution in [1.29, 1.82) is 0 Å². The Morgan fingerprint density at radius 1 is 1.43 bits per heavy atom. The second kappa shape index (κ2) is 5.81. The molecule has 118 valence electrons. The first-order chi connectivity index (χ1) is 9.83. The van der Waals surface area contributed by atoms with E-state index in [0.29, 0.717) is 13.1 Å². The molecule has 0 atom stereocenters. The summed E-state index contributed by atoms with van der Waals surface area (Å²) in [5, 5.41) is 9.08. The van der Waals surface area contributed by atoms with Crippen LogP contribution in [0.15, 0.2) is 17.2 Å². The Labute approximate surface area is 125 Å². The summed E-state index contributed by atoms with van der Waals surface area (Å²) in [6, 6.07) is 1.22. The molecule has 1 aromatic rings. The fourth-order valence-electron chi connectivity index (χ4n) is 2.73. The topological polar surface area (TPSA) is 88.4 Å². The van der Waals surface area contributed by atoms with Gasteiger partial charge in [-0.2, -0.15) is 0 Å². The van der Waals surface area contributed by atoms with Crippen molar-refractivity contribution in [2.24, 2.45) is 5.41 Å². The number of rotatable bonds is 7. The highest BCUT2D eigenvalue weighted by Gasteiger charge is 2.36. The number of hydrogen-bond donors (Lipinski definition) is 2. The van der Waals surface area contributed by atoms with Crippen LogP contribution in [0.1, 0.15) is 50.0 Å². The maximum absolute atomic E-state index is 12.3. The van der Waals surface area contributed by atoms with Crippen LogP contribution in [0.2, 0.25) is 0 Å². The van der Waals surface area contributed by atoms with Crippen molar-refractivity contribution in [2.75, 3.05) is 6.54 Å².